The highest BCUT2D eigenvalue weighted by Gasteiger charge is 2.12. The summed E-state index contributed by atoms with van der Waals surface area (Å²) in [6.45, 7) is -0.173. The SMILES string of the molecule is O=C(COc1ccccc1)Nc1nc(-c2cc(F)ccc2F)cs1. The van der Waals surface area contributed by atoms with Crippen molar-refractivity contribution in [3.8, 4) is 17.0 Å². The molecule has 122 valence electrons. The van der Waals surface area contributed by atoms with E-state index < -0.39 is 11.6 Å². The summed E-state index contributed by atoms with van der Waals surface area (Å²) in [4.78, 5) is 16.0. The highest BCUT2D eigenvalue weighted by atomic mass is 32.1. The van der Waals surface area contributed by atoms with Gasteiger partial charge in [0, 0.05) is 10.9 Å². The maximum absolute atomic E-state index is 13.7. The molecule has 3 aromatic rings. The molecule has 3 rings (SSSR count). The van der Waals surface area contributed by atoms with E-state index in [0.29, 0.717) is 5.75 Å². The van der Waals surface area contributed by atoms with Crippen molar-refractivity contribution in [1.29, 1.82) is 0 Å². The van der Waals surface area contributed by atoms with E-state index >= 15 is 0 Å². The first kappa shape index (κ1) is 16.1. The summed E-state index contributed by atoms with van der Waals surface area (Å²) in [5, 5.41) is 4.40. The summed E-state index contributed by atoms with van der Waals surface area (Å²) < 4.78 is 32.3. The Morgan fingerprint density at radius 1 is 1.17 bits per heavy atom. The minimum atomic E-state index is -0.577. The maximum atomic E-state index is 13.7. The van der Waals surface area contributed by atoms with Crippen LogP contribution in [0.25, 0.3) is 11.3 Å². The lowest BCUT2D eigenvalue weighted by Gasteiger charge is -2.05. The van der Waals surface area contributed by atoms with Gasteiger partial charge in [-0.3, -0.25) is 10.1 Å². The molecule has 1 N–H and O–H groups in total. The molecule has 0 atom stereocenters. The average molecular weight is 346 g/mol. The van der Waals surface area contributed by atoms with E-state index in [-0.39, 0.29) is 28.9 Å². The summed E-state index contributed by atoms with van der Waals surface area (Å²) in [6.07, 6.45) is 0. The molecule has 1 aromatic heterocycles. The summed E-state index contributed by atoms with van der Waals surface area (Å²) in [7, 11) is 0. The zero-order valence-electron chi connectivity index (χ0n) is 12.3. The molecular formula is C17H12F2N2O2S. The standard InChI is InChI=1S/C17H12F2N2O2S/c18-11-6-7-14(19)13(8-11)15-10-24-17(20-15)21-16(22)9-23-12-4-2-1-3-5-12/h1-8,10H,9H2,(H,20,21,22). The van der Waals surface area contributed by atoms with Crippen LogP contribution in [0.2, 0.25) is 0 Å². The van der Waals surface area contributed by atoms with Crippen LogP contribution in [-0.2, 0) is 4.79 Å². The normalized spacial score (nSPS) is 10.4. The molecule has 1 heterocycles. The monoisotopic (exact) mass is 346 g/mol. The Kier molecular flexibility index (Phi) is 4.81. The van der Waals surface area contributed by atoms with Crippen molar-refractivity contribution in [2.24, 2.45) is 0 Å². The van der Waals surface area contributed by atoms with Gasteiger partial charge < -0.3 is 4.74 Å². The molecule has 0 spiro atoms. The van der Waals surface area contributed by atoms with E-state index in [2.05, 4.69) is 10.3 Å². The third-order valence-corrected chi connectivity index (χ3v) is 3.83. The molecule has 0 unspecified atom stereocenters. The van der Waals surface area contributed by atoms with Gasteiger partial charge >= 0.3 is 0 Å². The molecule has 0 bridgehead atoms. The summed E-state index contributed by atoms with van der Waals surface area (Å²) >= 11 is 1.12. The van der Waals surface area contributed by atoms with E-state index in [4.69, 9.17) is 4.74 Å². The van der Waals surface area contributed by atoms with Gasteiger partial charge in [-0.1, -0.05) is 18.2 Å². The van der Waals surface area contributed by atoms with Crippen molar-refractivity contribution in [1.82, 2.24) is 4.98 Å². The topological polar surface area (TPSA) is 51.2 Å². The van der Waals surface area contributed by atoms with Crippen LogP contribution in [0, 0.1) is 11.6 Å². The highest BCUT2D eigenvalue weighted by Crippen LogP contribution is 2.27. The molecule has 0 aliphatic heterocycles. The molecule has 0 aliphatic carbocycles. The van der Waals surface area contributed by atoms with Gasteiger partial charge in [0.2, 0.25) is 0 Å². The van der Waals surface area contributed by atoms with Crippen molar-refractivity contribution >= 4 is 22.4 Å². The molecular weight excluding hydrogens is 334 g/mol. The molecule has 0 fully saturated rings. The summed E-state index contributed by atoms with van der Waals surface area (Å²) in [5.41, 5.74) is 0.309. The zero-order valence-corrected chi connectivity index (χ0v) is 13.1. The number of carbonyl (C=O) groups is 1. The number of anilines is 1. The lowest BCUT2D eigenvalue weighted by atomic mass is 10.1. The van der Waals surface area contributed by atoms with Gasteiger partial charge in [0.15, 0.2) is 11.7 Å². The molecule has 0 radical (unpaired) electrons. The van der Waals surface area contributed by atoms with Crippen LogP contribution in [0.5, 0.6) is 5.75 Å². The Labute approximate surface area is 140 Å². The number of ether oxygens (including phenoxy) is 1. The van der Waals surface area contributed by atoms with Crippen molar-refractivity contribution in [2.45, 2.75) is 0 Å². The largest absolute Gasteiger partial charge is 0.484 e. The number of hydrogen-bond acceptors (Lipinski definition) is 4. The first-order valence-electron chi connectivity index (χ1n) is 7.00. The van der Waals surface area contributed by atoms with Crippen LogP contribution < -0.4 is 10.1 Å². The lowest BCUT2D eigenvalue weighted by molar-refractivity contribution is -0.118. The molecule has 0 saturated carbocycles. The fourth-order valence-electron chi connectivity index (χ4n) is 1.97. The van der Waals surface area contributed by atoms with Crippen LogP contribution in [0.4, 0.5) is 13.9 Å². The van der Waals surface area contributed by atoms with Crippen LogP contribution >= 0.6 is 11.3 Å². The number of nitrogens with zero attached hydrogens (tertiary/aromatic N) is 1. The number of halogens is 2. The Balaban J connectivity index is 1.63. The molecule has 24 heavy (non-hydrogen) atoms. The minimum Gasteiger partial charge on any atom is -0.484 e. The Morgan fingerprint density at radius 3 is 2.75 bits per heavy atom. The second-order valence-electron chi connectivity index (χ2n) is 4.81. The average Bonchev–Trinajstić information content (AvgIpc) is 3.04. The van der Waals surface area contributed by atoms with Crippen LogP contribution in [0.15, 0.2) is 53.9 Å². The number of aromatic nitrogens is 1. The maximum Gasteiger partial charge on any atom is 0.264 e. The number of benzene rings is 2. The molecule has 2 aromatic carbocycles. The second kappa shape index (κ2) is 7.18. The van der Waals surface area contributed by atoms with E-state index in [1.165, 1.54) is 0 Å². The summed E-state index contributed by atoms with van der Waals surface area (Å²) in [6, 6.07) is 12.1. The van der Waals surface area contributed by atoms with Gasteiger partial charge in [-0.05, 0) is 30.3 Å². The van der Waals surface area contributed by atoms with E-state index in [1.807, 2.05) is 6.07 Å². The van der Waals surface area contributed by atoms with Gasteiger partial charge in [-0.2, -0.15) is 0 Å². The van der Waals surface area contributed by atoms with Gasteiger partial charge in [0.1, 0.15) is 17.4 Å². The quantitative estimate of drug-likeness (QED) is 0.756. The second-order valence-corrected chi connectivity index (χ2v) is 5.67. The third kappa shape index (κ3) is 3.94. The molecule has 4 nitrogen and oxygen atoms in total. The van der Waals surface area contributed by atoms with E-state index in [9.17, 15) is 13.6 Å². The van der Waals surface area contributed by atoms with Crippen molar-refractivity contribution in [3.63, 3.8) is 0 Å². The summed E-state index contributed by atoms with van der Waals surface area (Å²) in [5.74, 6) is -0.943. The van der Waals surface area contributed by atoms with Gasteiger partial charge in [-0.15, -0.1) is 11.3 Å². The Hall–Kier alpha value is -2.80. The number of thiazole rings is 1. The van der Waals surface area contributed by atoms with Crippen LogP contribution in [0.3, 0.4) is 0 Å². The van der Waals surface area contributed by atoms with Crippen LogP contribution in [0.1, 0.15) is 0 Å². The van der Waals surface area contributed by atoms with Gasteiger partial charge in [0.05, 0.1) is 5.69 Å². The van der Waals surface area contributed by atoms with Gasteiger partial charge in [0.25, 0.3) is 5.91 Å². The number of amides is 1. The minimum absolute atomic E-state index is 0.0484. The highest BCUT2D eigenvalue weighted by molar-refractivity contribution is 7.14. The Morgan fingerprint density at radius 2 is 1.96 bits per heavy atom. The molecule has 0 aliphatic rings. The molecule has 0 saturated heterocycles. The molecule has 1 amide bonds. The van der Waals surface area contributed by atoms with Crippen LogP contribution in [-0.4, -0.2) is 17.5 Å². The van der Waals surface area contributed by atoms with Crippen molar-refractivity contribution in [3.05, 3.63) is 65.5 Å². The number of hydrogen-bond donors (Lipinski definition) is 1. The third-order valence-electron chi connectivity index (χ3n) is 3.07. The predicted molar refractivity (Wildman–Crippen MR) is 88.0 cm³/mol. The smallest absolute Gasteiger partial charge is 0.264 e. The van der Waals surface area contributed by atoms with Crippen molar-refractivity contribution in [2.75, 3.05) is 11.9 Å². The molecule has 7 heteroatoms. The van der Waals surface area contributed by atoms with E-state index in [1.54, 1.807) is 29.6 Å². The first-order valence-corrected chi connectivity index (χ1v) is 7.88. The zero-order chi connectivity index (χ0) is 16.9. The number of para-hydroxylation sites is 1. The van der Waals surface area contributed by atoms with Gasteiger partial charge in [-0.25, -0.2) is 13.8 Å². The number of nitrogens with one attached hydrogen (secondary N) is 1. The predicted octanol–water partition coefficient (Wildman–Crippen LogP) is 4.11. The number of carbonyl (C=O) groups excluding carboxylic acids is 1. The van der Waals surface area contributed by atoms with Crippen molar-refractivity contribution < 1.29 is 18.3 Å². The fourth-order valence-corrected chi connectivity index (χ4v) is 2.70. The lowest BCUT2D eigenvalue weighted by Crippen LogP contribution is -2.20. The Bertz CT molecular complexity index is 853. The van der Waals surface area contributed by atoms with E-state index in [0.717, 1.165) is 29.5 Å². The first-order chi connectivity index (χ1) is 11.6. The number of rotatable bonds is 5. The fraction of sp³-hybridized carbons (Fsp3) is 0.0588.